The summed E-state index contributed by atoms with van der Waals surface area (Å²) in [5.74, 6) is 0.755. The average molecular weight is 283 g/mol. The maximum Gasteiger partial charge on any atom is 0.573 e. The molecule has 0 saturated carbocycles. The molecule has 0 bridgehead atoms. The summed E-state index contributed by atoms with van der Waals surface area (Å²) in [4.78, 5) is 3.84. The maximum atomic E-state index is 11.9. The Balaban J connectivity index is 2.50. The Kier molecular flexibility index (Phi) is 5.53. The smallest absolute Gasteiger partial charge is 0.404 e. The molecule has 0 fully saturated rings. The molecule has 1 aromatic rings. The molecule has 1 N–H and O–H groups in total. The van der Waals surface area contributed by atoms with E-state index in [0.29, 0.717) is 11.7 Å². The Morgan fingerprint density at radius 3 is 2.67 bits per heavy atom. The third-order valence-corrected chi connectivity index (χ3v) is 2.40. The first-order chi connectivity index (χ1) is 8.40. The first kappa shape index (κ1) is 14.9. The summed E-state index contributed by atoms with van der Waals surface area (Å²) in [6, 6.07) is 2.82. The third kappa shape index (κ3) is 5.95. The fourth-order valence-electron chi connectivity index (χ4n) is 1.37. The van der Waals surface area contributed by atoms with Gasteiger partial charge in [0.2, 0.25) is 0 Å². The molecule has 3 nitrogen and oxygen atoms in total. The van der Waals surface area contributed by atoms with Crippen molar-refractivity contribution in [2.24, 2.45) is 0 Å². The Morgan fingerprint density at radius 2 is 2.17 bits per heavy atom. The quantitative estimate of drug-likeness (QED) is 0.806. The molecule has 0 aliphatic rings. The van der Waals surface area contributed by atoms with Gasteiger partial charge >= 0.3 is 6.36 Å². The zero-order valence-corrected chi connectivity index (χ0v) is 10.6. The van der Waals surface area contributed by atoms with Gasteiger partial charge in [-0.2, -0.15) is 0 Å². The molecule has 1 atom stereocenters. The molecular weight excluding hydrogens is 269 g/mol. The van der Waals surface area contributed by atoms with Gasteiger partial charge in [-0.25, -0.2) is 4.98 Å². The maximum absolute atomic E-state index is 11.9. The van der Waals surface area contributed by atoms with Crippen LogP contribution in [0.5, 0.6) is 5.75 Å². The van der Waals surface area contributed by atoms with Crippen LogP contribution in [-0.4, -0.2) is 23.3 Å². The Morgan fingerprint density at radius 1 is 1.44 bits per heavy atom. The molecule has 102 valence electrons. The number of rotatable bonds is 6. The van der Waals surface area contributed by atoms with Crippen LogP contribution in [0.3, 0.4) is 0 Å². The topological polar surface area (TPSA) is 34.1 Å². The second-order valence-corrected chi connectivity index (χ2v) is 4.18. The average Bonchev–Trinajstić information content (AvgIpc) is 2.27. The second kappa shape index (κ2) is 6.68. The second-order valence-electron chi connectivity index (χ2n) is 3.80. The lowest BCUT2D eigenvalue weighted by Gasteiger charge is -2.14. The Labute approximate surface area is 108 Å². The van der Waals surface area contributed by atoms with Gasteiger partial charge in [0.15, 0.2) is 0 Å². The van der Waals surface area contributed by atoms with Crippen LogP contribution in [0.15, 0.2) is 18.3 Å². The molecule has 0 saturated heterocycles. The largest absolute Gasteiger partial charge is 0.573 e. The molecule has 0 amide bonds. The van der Waals surface area contributed by atoms with Crippen LogP contribution >= 0.6 is 11.6 Å². The van der Waals surface area contributed by atoms with Gasteiger partial charge in [0, 0.05) is 11.9 Å². The summed E-state index contributed by atoms with van der Waals surface area (Å²) in [5.41, 5.74) is 0. The van der Waals surface area contributed by atoms with Crippen LogP contribution < -0.4 is 10.1 Å². The van der Waals surface area contributed by atoms with Crippen molar-refractivity contribution >= 4 is 17.4 Å². The van der Waals surface area contributed by atoms with E-state index in [4.69, 9.17) is 11.6 Å². The van der Waals surface area contributed by atoms with Gasteiger partial charge in [0.05, 0.1) is 6.20 Å². The van der Waals surface area contributed by atoms with Gasteiger partial charge in [-0.05, 0) is 31.9 Å². The summed E-state index contributed by atoms with van der Waals surface area (Å²) in [5, 5.41) is 3.06. The Hall–Kier alpha value is -1.17. The van der Waals surface area contributed by atoms with E-state index in [1.807, 2.05) is 6.92 Å². The summed E-state index contributed by atoms with van der Waals surface area (Å²) >= 11 is 5.56. The van der Waals surface area contributed by atoms with Crippen molar-refractivity contribution in [3.8, 4) is 5.75 Å². The minimum atomic E-state index is -4.69. The van der Waals surface area contributed by atoms with Gasteiger partial charge in [-0.1, -0.05) is 0 Å². The fraction of sp³-hybridized carbons (Fsp3) is 0.545. The van der Waals surface area contributed by atoms with Gasteiger partial charge in [0.1, 0.15) is 11.6 Å². The highest BCUT2D eigenvalue weighted by Crippen LogP contribution is 2.22. The molecule has 1 rings (SSSR count). The van der Waals surface area contributed by atoms with E-state index < -0.39 is 6.36 Å². The number of nitrogens with zero attached hydrogens (tertiary/aromatic N) is 1. The molecule has 0 aromatic carbocycles. The Bertz CT molecular complexity index is 356. The van der Waals surface area contributed by atoms with Crippen molar-refractivity contribution in [2.75, 3.05) is 11.2 Å². The van der Waals surface area contributed by atoms with Crippen molar-refractivity contribution in [3.63, 3.8) is 0 Å². The van der Waals surface area contributed by atoms with Crippen LogP contribution in [0.4, 0.5) is 19.0 Å². The van der Waals surface area contributed by atoms with E-state index in [1.54, 1.807) is 0 Å². The van der Waals surface area contributed by atoms with Crippen LogP contribution in [0.2, 0.25) is 0 Å². The third-order valence-electron chi connectivity index (χ3n) is 2.13. The summed E-state index contributed by atoms with van der Waals surface area (Å²) < 4.78 is 39.5. The zero-order valence-electron chi connectivity index (χ0n) is 9.80. The number of aromatic nitrogens is 1. The summed E-state index contributed by atoms with van der Waals surface area (Å²) in [7, 11) is 0. The van der Waals surface area contributed by atoms with Gasteiger partial charge in [-0.15, -0.1) is 24.8 Å². The predicted molar refractivity (Wildman–Crippen MR) is 64.0 cm³/mol. The van der Waals surface area contributed by atoms with Crippen molar-refractivity contribution in [1.29, 1.82) is 0 Å². The van der Waals surface area contributed by atoms with E-state index >= 15 is 0 Å². The molecule has 7 heteroatoms. The van der Waals surface area contributed by atoms with E-state index in [9.17, 15) is 13.2 Å². The highest BCUT2D eigenvalue weighted by Gasteiger charge is 2.31. The molecule has 1 unspecified atom stereocenters. The van der Waals surface area contributed by atoms with E-state index in [-0.39, 0.29) is 11.8 Å². The number of ether oxygens (including phenoxy) is 1. The standard InChI is InChI=1S/C11H14ClF3N2O/c1-8(3-2-6-12)17-10-5-4-9(7-16-10)18-11(13,14)15/h4-5,7-8H,2-3,6H2,1H3,(H,16,17). The number of hydrogen-bond donors (Lipinski definition) is 1. The highest BCUT2D eigenvalue weighted by atomic mass is 35.5. The molecule has 0 aliphatic heterocycles. The number of alkyl halides is 4. The van der Waals surface area contributed by atoms with Crippen LogP contribution in [0.1, 0.15) is 19.8 Å². The normalized spacial score (nSPS) is 13.2. The zero-order chi connectivity index (χ0) is 13.6. The minimum Gasteiger partial charge on any atom is -0.404 e. The van der Waals surface area contributed by atoms with E-state index in [1.165, 1.54) is 12.1 Å². The van der Waals surface area contributed by atoms with Crippen LogP contribution in [0, 0.1) is 0 Å². The van der Waals surface area contributed by atoms with Gasteiger partial charge in [-0.3, -0.25) is 0 Å². The fourth-order valence-corrected chi connectivity index (χ4v) is 1.52. The SMILES string of the molecule is CC(CCCCl)Nc1ccc(OC(F)(F)F)cn1. The molecule has 0 spiro atoms. The predicted octanol–water partition coefficient (Wildman–Crippen LogP) is 3.80. The van der Waals surface area contributed by atoms with Crippen molar-refractivity contribution in [3.05, 3.63) is 18.3 Å². The molecular formula is C11H14ClF3N2O. The van der Waals surface area contributed by atoms with Crippen LogP contribution in [-0.2, 0) is 0 Å². The summed E-state index contributed by atoms with van der Waals surface area (Å²) in [6.07, 6.45) is -1.93. The summed E-state index contributed by atoms with van der Waals surface area (Å²) in [6.45, 7) is 1.95. The molecule has 1 heterocycles. The lowest BCUT2D eigenvalue weighted by Crippen LogP contribution is -2.18. The first-order valence-corrected chi connectivity index (χ1v) is 5.98. The van der Waals surface area contributed by atoms with E-state index in [0.717, 1.165) is 19.0 Å². The highest BCUT2D eigenvalue weighted by molar-refractivity contribution is 6.17. The molecule has 0 aliphatic carbocycles. The van der Waals surface area contributed by atoms with E-state index in [2.05, 4.69) is 15.0 Å². The lowest BCUT2D eigenvalue weighted by molar-refractivity contribution is -0.274. The van der Waals surface area contributed by atoms with Crippen LogP contribution in [0.25, 0.3) is 0 Å². The lowest BCUT2D eigenvalue weighted by atomic mass is 10.2. The number of nitrogens with one attached hydrogen (secondary N) is 1. The molecule has 1 aromatic heterocycles. The number of anilines is 1. The molecule has 18 heavy (non-hydrogen) atoms. The van der Waals surface area contributed by atoms with Crippen molar-refractivity contribution < 1.29 is 17.9 Å². The monoisotopic (exact) mass is 282 g/mol. The number of halogens is 4. The van der Waals surface area contributed by atoms with Gasteiger partial charge < -0.3 is 10.1 Å². The first-order valence-electron chi connectivity index (χ1n) is 5.45. The minimum absolute atomic E-state index is 0.158. The van der Waals surface area contributed by atoms with Crippen molar-refractivity contribution in [2.45, 2.75) is 32.2 Å². The number of hydrogen-bond acceptors (Lipinski definition) is 3. The molecule has 0 radical (unpaired) electrons. The number of pyridine rings is 1. The van der Waals surface area contributed by atoms with Gasteiger partial charge in [0.25, 0.3) is 0 Å². The van der Waals surface area contributed by atoms with Crippen molar-refractivity contribution in [1.82, 2.24) is 4.98 Å².